The van der Waals surface area contributed by atoms with Gasteiger partial charge in [0.05, 0.1) is 5.92 Å². The SMILES string of the molecule is Cc1cc(C)c2c3c([nH]c2c1)CCC(C(F)(F)F)C3. The first-order valence-electron chi connectivity index (χ1n) is 6.53. The summed E-state index contributed by atoms with van der Waals surface area (Å²) >= 11 is 0. The summed E-state index contributed by atoms with van der Waals surface area (Å²) in [7, 11) is 0. The maximum Gasteiger partial charge on any atom is 0.392 e. The number of benzene rings is 1. The summed E-state index contributed by atoms with van der Waals surface area (Å²) in [6.07, 6.45) is -3.28. The minimum absolute atomic E-state index is 0.114. The van der Waals surface area contributed by atoms with Crippen LogP contribution in [0.1, 0.15) is 28.8 Å². The first-order valence-corrected chi connectivity index (χ1v) is 6.53. The molecule has 0 spiro atoms. The van der Waals surface area contributed by atoms with Gasteiger partial charge in [0.25, 0.3) is 0 Å². The highest BCUT2D eigenvalue weighted by Crippen LogP contribution is 2.40. The van der Waals surface area contributed by atoms with Crippen LogP contribution in [-0.2, 0) is 12.8 Å². The van der Waals surface area contributed by atoms with Crippen molar-refractivity contribution in [1.82, 2.24) is 4.98 Å². The summed E-state index contributed by atoms with van der Waals surface area (Å²) in [6.45, 7) is 3.98. The maximum absolute atomic E-state index is 12.9. The minimum atomic E-state index is -4.08. The highest BCUT2D eigenvalue weighted by atomic mass is 19.4. The topological polar surface area (TPSA) is 15.8 Å². The van der Waals surface area contributed by atoms with Crippen LogP contribution >= 0.6 is 0 Å². The summed E-state index contributed by atoms with van der Waals surface area (Å²) in [5, 5.41) is 0.995. The Labute approximate surface area is 109 Å². The van der Waals surface area contributed by atoms with Crippen LogP contribution in [0, 0.1) is 19.8 Å². The number of aromatic amines is 1. The normalized spacial score (nSPS) is 19.7. The van der Waals surface area contributed by atoms with Crippen molar-refractivity contribution in [3.63, 3.8) is 0 Å². The zero-order chi connectivity index (χ0) is 13.8. The third-order valence-corrected chi connectivity index (χ3v) is 4.09. The van der Waals surface area contributed by atoms with E-state index in [1.165, 1.54) is 0 Å². The van der Waals surface area contributed by atoms with E-state index in [1.54, 1.807) is 0 Å². The van der Waals surface area contributed by atoms with Gasteiger partial charge in [0, 0.05) is 16.6 Å². The van der Waals surface area contributed by atoms with Crippen LogP contribution in [0.5, 0.6) is 0 Å². The molecule has 19 heavy (non-hydrogen) atoms. The van der Waals surface area contributed by atoms with E-state index < -0.39 is 12.1 Å². The molecule has 1 aromatic heterocycles. The van der Waals surface area contributed by atoms with Crippen molar-refractivity contribution in [3.8, 4) is 0 Å². The standard InChI is InChI=1S/C15H16F3N/c1-8-5-9(2)14-11-7-10(15(16,17)18)3-4-12(11)19-13(14)6-8/h5-6,10,19H,3-4,7H2,1-2H3. The van der Waals surface area contributed by atoms with Crippen LogP contribution in [0.15, 0.2) is 12.1 Å². The predicted molar refractivity (Wildman–Crippen MR) is 69.3 cm³/mol. The lowest BCUT2D eigenvalue weighted by Gasteiger charge is -2.24. The average molecular weight is 267 g/mol. The number of hydrogen-bond donors (Lipinski definition) is 1. The zero-order valence-corrected chi connectivity index (χ0v) is 11.0. The molecule has 1 N–H and O–H groups in total. The highest BCUT2D eigenvalue weighted by Gasteiger charge is 2.42. The Hall–Kier alpha value is -1.45. The van der Waals surface area contributed by atoms with Gasteiger partial charge in [-0.2, -0.15) is 13.2 Å². The number of aromatic nitrogens is 1. The average Bonchev–Trinajstić information content (AvgIpc) is 2.64. The molecular weight excluding hydrogens is 251 g/mol. The predicted octanol–water partition coefficient (Wildman–Crippen LogP) is 4.45. The Kier molecular flexibility index (Phi) is 2.66. The molecule has 1 nitrogen and oxygen atoms in total. The molecule has 0 saturated heterocycles. The van der Waals surface area contributed by atoms with Crippen molar-refractivity contribution in [2.45, 2.75) is 39.3 Å². The molecule has 1 atom stereocenters. The van der Waals surface area contributed by atoms with Gasteiger partial charge < -0.3 is 4.98 Å². The molecule has 4 heteroatoms. The molecule has 2 aromatic rings. The van der Waals surface area contributed by atoms with E-state index in [2.05, 4.69) is 4.98 Å². The zero-order valence-electron chi connectivity index (χ0n) is 11.0. The molecule has 1 aliphatic carbocycles. The van der Waals surface area contributed by atoms with E-state index in [4.69, 9.17) is 0 Å². The number of rotatable bonds is 0. The number of alkyl halides is 3. The van der Waals surface area contributed by atoms with Crippen LogP contribution in [-0.4, -0.2) is 11.2 Å². The fraction of sp³-hybridized carbons (Fsp3) is 0.467. The quantitative estimate of drug-likeness (QED) is 0.725. The number of hydrogen-bond acceptors (Lipinski definition) is 0. The Balaban J connectivity index is 2.13. The Morgan fingerprint density at radius 2 is 1.95 bits per heavy atom. The van der Waals surface area contributed by atoms with Crippen LogP contribution in [0.3, 0.4) is 0 Å². The lowest BCUT2D eigenvalue weighted by atomic mass is 9.85. The summed E-state index contributed by atoms with van der Waals surface area (Å²) < 4.78 is 38.7. The number of aryl methyl sites for hydroxylation is 3. The monoisotopic (exact) mass is 267 g/mol. The smallest absolute Gasteiger partial charge is 0.358 e. The number of H-pyrrole nitrogens is 1. The molecule has 0 radical (unpaired) electrons. The fourth-order valence-corrected chi connectivity index (χ4v) is 3.24. The molecule has 1 aromatic carbocycles. The maximum atomic E-state index is 12.9. The first-order chi connectivity index (χ1) is 8.86. The van der Waals surface area contributed by atoms with Crippen molar-refractivity contribution in [2.24, 2.45) is 5.92 Å². The molecule has 1 aliphatic rings. The molecule has 0 fully saturated rings. The molecule has 0 saturated carbocycles. The molecule has 0 aliphatic heterocycles. The second-order valence-corrected chi connectivity index (χ2v) is 5.57. The van der Waals surface area contributed by atoms with E-state index in [0.717, 1.165) is 33.3 Å². The van der Waals surface area contributed by atoms with Gasteiger partial charge in [-0.05, 0) is 55.9 Å². The van der Waals surface area contributed by atoms with Crippen molar-refractivity contribution >= 4 is 10.9 Å². The third-order valence-electron chi connectivity index (χ3n) is 4.09. The van der Waals surface area contributed by atoms with Crippen molar-refractivity contribution < 1.29 is 13.2 Å². The van der Waals surface area contributed by atoms with E-state index in [-0.39, 0.29) is 12.8 Å². The lowest BCUT2D eigenvalue weighted by Crippen LogP contribution is -2.28. The van der Waals surface area contributed by atoms with Gasteiger partial charge in [-0.25, -0.2) is 0 Å². The highest BCUT2D eigenvalue weighted by molar-refractivity contribution is 5.88. The van der Waals surface area contributed by atoms with Crippen molar-refractivity contribution in [3.05, 3.63) is 34.5 Å². The molecule has 1 heterocycles. The second kappa shape index (κ2) is 4.02. The summed E-state index contributed by atoms with van der Waals surface area (Å²) in [6, 6.07) is 4.05. The first kappa shape index (κ1) is 12.6. The van der Waals surface area contributed by atoms with Gasteiger partial charge in [-0.1, -0.05) is 6.07 Å². The molecule has 3 rings (SSSR count). The largest absolute Gasteiger partial charge is 0.392 e. The van der Waals surface area contributed by atoms with Gasteiger partial charge in [0.2, 0.25) is 0 Å². The van der Waals surface area contributed by atoms with Crippen LogP contribution in [0.4, 0.5) is 13.2 Å². The van der Waals surface area contributed by atoms with Crippen molar-refractivity contribution in [1.29, 1.82) is 0 Å². The Bertz CT molecular complexity index is 637. The van der Waals surface area contributed by atoms with Gasteiger partial charge >= 0.3 is 6.18 Å². The number of fused-ring (bicyclic) bond motifs is 3. The van der Waals surface area contributed by atoms with Crippen LogP contribution < -0.4 is 0 Å². The molecule has 1 unspecified atom stereocenters. The van der Waals surface area contributed by atoms with E-state index >= 15 is 0 Å². The molecule has 0 bridgehead atoms. The summed E-state index contributed by atoms with van der Waals surface area (Å²) in [5.74, 6) is -1.19. The Morgan fingerprint density at radius 1 is 1.21 bits per heavy atom. The van der Waals surface area contributed by atoms with Gasteiger partial charge in [-0.3, -0.25) is 0 Å². The number of halogens is 3. The van der Waals surface area contributed by atoms with Crippen LogP contribution in [0.2, 0.25) is 0 Å². The lowest BCUT2D eigenvalue weighted by molar-refractivity contribution is -0.177. The van der Waals surface area contributed by atoms with E-state index in [9.17, 15) is 13.2 Å². The third kappa shape index (κ3) is 2.03. The molecule has 0 amide bonds. The summed E-state index contributed by atoms with van der Waals surface area (Å²) in [5.41, 5.74) is 5.04. The van der Waals surface area contributed by atoms with Crippen LogP contribution in [0.25, 0.3) is 10.9 Å². The molecular formula is C15H16F3N. The van der Waals surface area contributed by atoms with Crippen molar-refractivity contribution in [2.75, 3.05) is 0 Å². The second-order valence-electron chi connectivity index (χ2n) is 5.57. The van der Waals surface area contributed by atoms with Gasteiger partial charge in [0.15, 0.2) is 0 Å². The van der Waals surface area contributed by atoms with Gasteiger partial charge in [0.1, 0.15) is 0 Å². The Morgan fingerprint density at radius 3 is 2.63 bits per heavy atom. The minimum Gasteiger partial charge on any atom is -0.358 e. The molecule has 102 valence electrons. The number of nitrogens with one attached hydrogen (secondary N) is 1. The van der Waals surface area contributed by atoms with Gasteiger partial charge in [-0.15, -0.1) is 0 Å². The van der Waals surface area contributed by atoms with E-state index in [0.29, 0.717) is 6.42 Å². The summed E-state index contributed by atoms with van der Waals surface area (Å²) in [4.78, 5) is 3.30. The fourth-order valence-electron chi connectivity index (χ4n) is 3.24. The van der Waals surface area contributed by atoms with E-state index in [1.807, 2.05) is 26.0 Å².